The van der Waals surface area contributed by atoms with E-state index in [0.29, 0.717) is 18.7 Å². The van der Waals surface area contributed by atoms with Crippen molar-refractivity contribution in [1.82, 2.24) is 15.5 Å². The molecule has 84 valence electrons. The summed E-state index contributed by atoms with van der Waals surface area (Å²) in [5.74, 6) is -0.173. The van der Waals surface area contributed by atoms with Crippen molar-refractivity contribution in [3.8, 4) is 0 Å². The van der Waals surface area contributed by atoms with Crippen LogP contribution in [0.5, 0.6) is 0 Å². The molecule has 1 heterocycles. The van der Waals surface area contributed by atoms with Crippen LogP contribution in [0.25, 0.3) is 0 Å². The van der Waals surface area contributed by atoms with Gasteiger partial charge in [0.25, 0.3) is 0 Å². The molecule has 0 radical (unpaired) electrons. The van der Waals surface area contributed by atoms with Gasteiger partial charge in [-0.3, -0.25) is 5.10 Å². The van der Waals surface area contributed by atoms with Crippen molar-refractivity contribution >= 4 is 0 Å². The molecule has 0 aliphatic rings. The Hall–Kier alpha value is -1.68. The number of halogens is 1. The molecule has 1 aromatic carbocycles. The van der Waals surface area contributed by atoms with Gasteiger partial charge in [0.15, 0.2) is 0 Å². The molecule has 0 unspecified atom stereocenters. The molecule has 2 rings (SSSR count). The summed E-state index contributed by atoms with van der Waals surface area (Å²) < 4.78 is 13.3. The molecule has 0 aliphatic carbocycles. The third kappa shape index (κ3) is 2.67. The Bertz CT molecular complexity index is 465. The highest BCUT2D eigenvalue weighted by Crippen LogP contribution is 2.06. The molecule has 1 aromatic heterocycles. The monoisotopic (exact) mass is 219 g/mol. The van der Waals surface area contributed by atoms with E-state index in [1.807, 2.05) is 19.1 Å². The Morgan fingerprint density at radius 2 is 2.12 bits per heavy atom. The van der Waals surface area contributed by atoms with Crippen LogP contribution in [0.4, 0.5) is 4.39 Å². The number of nitrogens with one attached hydrogen (secondary N) is 2. The van der Waals surface area contributed by atoms with E-state index < -0.39 is 0 Å². The summed E-state index contributed by atoms with van der Waals surface area (Å²) in [5.41, 5.74) is 2.64. The van der Waals surface area contributed by atoms with Crippen LogP contribution in [-0.4, -0.2) is 10.2 Å². The Morgan fingerprint density at radius 3 is 2.81 bits per heavy atom. The maximum Gasteiger partial charge on any atom is 0.127 e. The molecule has 0 saturated heterocycles. The topological polar surface area (TPSA) is 40.7 Å². The van der Waals surface area contributed by atoms with Crippen molar-refractivity contribution in [3.63, 3.8) is 0 Å². The first-order chi connectivity index (χ1) is 7.75. The van der Waals surface area contributed by atoms with Gasteiger partial charge < -0.3 is 5.32 Å². The fourth-order valence-corrected chi connectivity index (χ4v) is 1.53. The van der Waals surface area contributed by atoms with Gasteiger partial charge in [-0.25, -0.2) is 4.39 Å². The van der Waals surface area contributed by atoms with Crippen molar-refractivity contribution in [1.29, 1.82) is 0 Å². The SMILES string of the molecule is Cc1cc(CNCc2ccccc2F)n[nH]1. The molecule has 0 aliphatic heterocycles. The minimum absolute atomic E-state index is 0.173. The molecule has 3 nitrogen and oxygen atoms in total. The first-order valence-electron chi connectivity index (χ1n) is 5.21. The number of aromatic amines is 1. The lowest BCUT2D eigenvalue weighted by molar-refractivity contribution is 0.585. The molecule has 0 saturated carbocycles. The molecule has 2 aromatic rings. The zero-order valence-corrected chi connectivity index (χ0v) is 9.13. The van der Waals surface area contributed by atoms with Crippen LogP contribution in [-0.2, 0) is 13.1 Å². The molecule has 2 N–H and O–H groups in total. The van der Waals surface area contributed by atoms with Gasteiger partial charge in [0.05, 0.1) is 5.69 Å². The highest BCUT2D eigenvalue weighted by molar-refractivity contribution is 5.17. The van der Waals surface area contributed by atoms with E-state index in [2.05, 4.69) is 15.5 Å². The van der Waals surface area contributed by atoms with Gasteiger partial charge in [-0.15, -0.1) is 0 Å². The predicted octanol–water partition coefficient (Wildman–Crippen LogP) is 2.15. The van der Waals surface area contributed by atoms with Crippen LogP contribution >= 0.6 is 0 Å². The lowest BCUT2D eigenvalue weighted by Crippen LogP contribution is -2.13. The summed E-state index contributed by atoms with van der Waals surface area (Å²) in [7, 11) is 0. The second-order valence-electron chi connectivity index (χ2n) is 3.74. The number of H-pyrrole nitrogens is 1. The Balaban J connectivity index is 1.87. The van der Waals surface area contributed by atoms with E-state index in [4.69, 9.17) is 0 Å². The number of aromatic nitrogens is 2. The molecule has 4 heteroatoms. The number of aryl methyl sites for hydroxylation is 1. The summed E-state index contributed by atoms with van der Waals surface area (Å²) in [6.45, 7) is 3.10. The van der Waals surface area contributed by atoms with Crippen LogP contribution in [0, 0.1) is 12.7 Å². The van der Waals surface area contributed by atoms with Gasteiger partial charge in [0, 0.05) is 24.3 Å². The Kier molecular flexibility index (Phi) is 3.31. The predicted molar refractivity (Wildman–Crippen MR) is 60.3 cm³/mol. The largest absolute Gasteiger partial charge is 0.307 e. The third-order valence-electron chi connectivity index (χ3n) is 2.34. The normalized spacial score (nSPS) is 10.6. The highest BCUT2D eigenvalue weighted by atomic mass is 19.1. The maximum atomic E-state index is 13.3. The van der Waals surface area contributed by atoms with Crippen molar-refractivity contribution in [2.45, 2.75) is 20.0 Å². The molecular formula is C12H14FN3. The van der Waals surface area contributed by atoms with Gasteiger partial charge >= 0.3 is 0 Å². The number of nitrogens with zero attached hydrogens (tertiary/aromatic N) is 1. The zero-order chi connectivity index (χ0) is 11.4. The summed E-state index contributed by atoms with van der Waals surface area (Å²) >= 11 is 0. The lowest BCUT2D eigenvalue weighted by atomic mass is 10.2. The average Bonchev–Trinajstić information content (AvgIpc) is 2.67. The van der Waals surface area contributed by atoms with Crippen LogP contribution in [0.1, 0.15) is 17.0 Å². The first kappa shape index (κ1) is 10.8. The van der Waals surface area contributed by atoms with Crippen molar-refractivity contribution in [2.24, 2.45) is 0 Å². The zero-order valence-electron chi connectivity index (χ0n) is 9.13. The molecule has 0 spiro atoms. The Labute approximate surface area is 93.7 Å². The second kappa shape index (κ2) is 4.90. The minimum atomic E-state index is -0.173. The molecule has 0 bridgehead atoms. The average molecular weight is 219 g/mol. The lowest BCUT2D eigenvalue weighted by Gasteiger charge is -2.03. The van der Waals surface area contributed by atoms with E-state index in [0.717, 1.165) is 11.4 Å². The Morgan fingerprint density at radius 1 is 1.31 bits per heavy atom. The number of hydrogen-bond acceptors (Lipinski definition) is 2. The van der Waals surface area contributed by atoms with E-state index in [-0.39, 0.29) is 5.82 Å². The number of hydrogen-bond donors (Lipinski definition) is 2. The molecule has 0 amide bonds. The molecule has 0 atom stereocenters. The summed E-state index contributed by atoms with van der Waals surface area (Å²) in [6.07, 6.45) is 0. The van der Waals surface area contributed by atoms with Gasteiger partial charge in [0.2, 0.25) is 0 Å². The third-order valence-corrected chi connectivity index (χ3v) is 2.34. The first-order valence-corrected chi connectivity index (χ1v) is 5.21. The van der Waals surface area contributed by atoms with Crippen molar-refractivity contribution < 1.29 is 4.39 Å². The summed E-state index contributed by atoms with van der Waals surface area (Å²) in [4.78, 5) is 0. The fourth-order valence-electron chi connectivity index (χ4n) is 1.53. The van der Waals surface area contributed by atoms with E-state index in [1.54, 1.807) is 12.1 Å². The van der Waals surface area contributed by atoms with Crippen LogP contribution in [0.3, 0.4) is 0 Å². The molecule has 0 fully saturated rings. The van der Waals surface area contributed by atoms with E-state index >= 15 is 0 Å². The molecule has 16 heavy (non-hydrogen) atoms. The van der Waals surface area contributed by atoms with Crippen LogP contribution in [0.2, 0.25) is 0 Å². The smallest absolute Gasteiger partial charge is 0.127 e. The van der Waals surface area contributed by atoms with Gasteiger partial charge in [0.1, 0.15) is 5.82 Å². The maximum absolute atomic E-state index is 13.3. The van der Waals surface area contributed by atoms with Crippen molar-refractivity contribution in [2.75, 3.05) is 0 Å². The summed E-state index contributed by atoms with van der Waals surface area (Å²) in [6, 6.07) is 8.73. The van der Waals surface area contributed by atoms with E-state index in [1.165, 1.54) is 6.07 Å². The second-order valence-corrected chi connectivity index (χ2v) is 3.74. The van der Waals surface area contributed by atoms with Crippen LogP contribution < -0.4 is 5.32 Å². The summed E-state index contributed by atoms with van der Waals surface area (Å²) in [5, 5.41) is 10.1. The standard InChI is InChI=1S/C12H14FN3/c1-9-6-11(16-15-9)8-14-7-10-4-2-3-5-12(10)13/h2-6,14H,7-8H2,1H3,(H,15,16). The van der Waals surface area contributed by atoms with Crippen LogP contribution in [0.15, 0.2) is 30.3 Å². The van der Waals surface area contributed by atoms with Gasteiger partial charge in [-0.05, 0) is 19.1 Å². The van der Waals surface area contributed by atoms with Gasteiger partial charge in [-0.1, -0.05) is 18.2 Å². The van der Waals surface area contributed by atoms with E-state index in [9.17, 15) is 4.39 Å². The molecular weight excluding hydrogens is 205 g/mol. The number of benzene rings is 1. The minimum Gasteiger partial charge on any atom is -0.307 e. The quantitative estimate of drug-likeness (QED) is 0.827. The number of rotatable bonds is 4. The van der Waals surface area contributed by atoms with Gasteiger partial charge in [-0.2, -0.15) is 5.10 Å². The van der Waals surface area contributed by atoms with Crippen molar-refractivity contribution in [3.05, 3.63) is 53.1 Å². The fraction of sp³-hybridized carbons (Fsp3) is 0.250. The highest BCUT2D eigenvalue weighted by Gasteiger charge is 2.01.